The third kappa shape index (κ3) is 6.60. The van der Waals surface area contributed by atoms with E-state index in [-0.39, 0.29) is 35.6 Å². The molecule has 2 aromatic rings. The number of halogens is 3. The van der Waals surface area contributed by atoms with Gasteiger partial charge in [0.05, 0.1) is 12.2 Å². The smallest absolute Gasteiger partial charge is 0.416 e. The third-order valence-corrected chi connectivity index (χ3v) is 9.71. The number of hydrogen-bond acceptors (Lipinski definition) is 6. The average molecular weight is 605 g/mol. The molecule has 1 fully saturated rings. The molecular weight excluding hydrogens is 569 g/mol. The number of rotatable bonds is 0. The maximum atomic E-state index is 13.7. The van der Waals surface area contributed by atoms with E-state index in [1.165, 1.54) is 6.07 Å². The van der Waals surface area contributed by atoms with Crippen LogP contribution in [0.5, 0.6) is 5.75 Å². The number of carbonyl (C=O) groups excluding carboxylic acids is 2. The van der Waals surface area contributed by atoms with Crippen LogP contribution in [0.25, 0.3) is 0 Å². The van der Waals surface area contributed by atoms with Crippen LogP contribution >= 0.6 is 0 Å². The summed E-state index contributed by atoms with van der Waals surface area (Å²) in [5, 5.41) is 2.70. The summed E-state index contributed by atoms with van der Waals surface area (Å²) in [6, 6.07) is 8.99. The molecule has 1 atom stereocenters. The Labute approximate surface area is 246 Å². The number of amidine groups is 1. The Balaban J connectivity index is 1.40. The second kappa shape index (κ2) is 12.3. The summed E-state index contributed by atoms with van der Waals surface area (Å²) >= 11 is -1.29. The van der Waals surface area contributed by atoms with Gasteiger partial charge in [0.15, 0.2) is 0 Å². The van der Waals surface area contributed by atoms with E-state index in [1.807, 2.05) is 23.4 Å². The normalized spacial score (nSPS) is 26.0. The first kappa shape index (κ1) is 30.4. The highest BCUT2D eigenvalue weighted by Gasteiger charge is 2.48. The first-order chi connectivity index (χ1) is 19.9. The molecule has 5 aliphatic rings. The molecular formula is C30H35F3N4O4S. The Morgan fingerprint density at radius 3 is 2.50 bits per heavy atom. The average Bonchev–Trinajstić information content (AvgIpc) is 3.27. The van der Waals surface area contributed by atoms with Gasteiger partial charge in [-0.2, -0.15) is 13.2 Å². The van der Waals surface area contributed by atoms with E-state index in [4.69, 9.17) is 4.74 Å². The van der Waals surface area contributed by atoms with E-state index < -0.39 is 28.6 Å². The number of nitrogens with zero attached hydrogens (tertiary/aromatic N) is 3. The molecule has 5 heterocycles. The van der Waals surface area contributed by atoms with Crippen molar-refractivity contribution < 1.29 is 32.0 Å². The predicted octanol–water partition coefficient (Wildman–Crippen LogP) is 4.27. The van der Waals surface area contributed by atoms with E-state index >= 15 is 0 Å². The number of carbonyl (C=O) groups is 2. The second-order valence-electron chi connectivity index (χ2n) is 11.2. The molecule has 1 saturated heterocycles. The lowest BCUT2D eigenvalue weighted by molar-refractivity contribution is -0.137. The van der Waals surface area contributed by atoms with Crippen molar-refractivity contribution in [2.45, 2.75) is 57.2 Å². The SMILES string of the molecule is Cc1cc2ccc1CC[S+]([O-])N1CCC3(CC1)N=C(NC3=O)c1cc(cc(C(F)(F)F)c1)OCCCCCN(C)C2=O. The van der Waals surface area contributed by atoms with E-state index in [0.29, 0.717) is 63.1 Å². The summed E-state index contributed by atoms with van der Waals surface area (Å²) in [5.41, 5.74) is 0.723. The summed E-state index contributed by atoms with van der Waals surface area (Å²) in [7, 11) is 1.75. The number of ether oxygens (including phenoxy) is 1. The van der Waals surface area contributed by atoms with Crippen molar-refractivity contribution in [3.05, 3.63) is 64.2 Å². The summed E-state index contributed by atoms with van der Waals surface area (Å²) in [5.74, 6) is 0.0893. The van der Waals surface area contributed by atoms with Crippen molar-refractivity contribution in [3.63, 3.8) is 0 Å². The van der Waals surface area contributed by atoms with Crippen molar-refractivity contribution >= 4 is 29.0 Å². The van der Waals surface area contributed by atoms with Gasteiger partial charge in [0.25, 0.3) is 11.8 Å². The number of nitrogens with one attached hydrogen (secondary N) is 1. The predicted molar refractivity (Wildman–Crippen MR) is 154 cm³/mol. The minimum absolute atomic E-state index is 0.0449. The number of fused-ring (bicyclic) bond motifs is 2. The minimum Gasteiger partial charge on any atom is -0.598 e. The second-order valence-corrected chi connectivity index (χ2v) is 12.7. The number of benzene rings is 2. The van der Waals surface area contributed by atoms with E-state index in [0.717, 1.165) is 29.7 Å². The molecule has 2 aromatic carbocycles. The molecule has 7 bridgehead atoms. The van der Waals surface area contributed by atoms with Crippen LogP contribution in [0.15, 0.2) is 41.4 Å². The van der Waals surface area contributed by atoms with Gasteiger partial charge in [-0.15, -0.1) is 4.31 Å². The molecule has 226 valence electrons. The molecule has 5 aliphatic heterocycles. The largest absolute Gasteiger partial charge is 0.598 e. The first-order valence-electron chi connectivity index (χ1n) is 14.2. The number of aliphatic imine (C=N–C) groups is 1. The fourth-order valence-corrected chi connectivity index (χ4v) is 6.85. The molecule has 2 amide bonds. The van der Waals surface area contributed by atoms with Crippen molar-refractivity contribution in [1.82, 2.24) is 14.5 Å². The summed E-state index contributed by atoms with van der Waals surface area (Å²) in [6.07, 6.45) is -1.39. The van der Waals surface area contributed by atoms with Gasteiger partial charge >= 0.3 is 6.18 Å². The molecule has 1 unspecified atom stereocenters. The zero-order chi connectivity index (χ0) is 30.1. The van der Waals surface area contributed by atoms with Gasteiger partial charge in [0, 0.05) is 55.6 Å². The van der Waals surface area contributed by atoms with Crippen LogP contribution in [0, 0.1) is 6.92 Å². The first-order valence-corrected chi connectivity index (χ1v) is 15.5. The van der Waals surface area contributed by atoms with Gasteiger partial charge in [-0.3, -0.25) is 14.6 Å². The standard InChI is InChI=1S/C30H35F3N4O4S/c1-20-16-22-7-6-21(20)8-15-42(40)37-12-9-29(10-13-37)28(39)34-26(35-29)23-17-24(30(31,32)33)19-25(18-23)41-14-5-3-4-11-36(2)27(22)38/h6-7,16-19H,3-5,8-15H2,1-2H3,(H,34,35,39). The zero-order valence-electron chi connectivity index (χ0n) is 23.8. The summed E-state index contributed by atoms with van der Waals surface area (Å²) in [6.45, 7) is 3.42. The van der Waals surface area contributed by atoms with E-state index in [1.54, 1.807) is 18.0 Å². The topological polar surface area (TPSA) is 97.3 Å². The lowest BCUT2D eigenvalue weighted by atomic mass is 9.89. The molecule has 12 heteroatoms. The number of amides is 2. The summed E-state index contributed by atoms with van der Waals surface area (Å²) in [4.78, 5) is 32.3. The number of alkyl halides is 3. The molecule has 7 rings (SSSR count). The lowest BCUT2D eigenvalue weighted by Gasteiger charge is -2.35. The highest BCUT2D eigenvalue weighted by molar-refractivity contribution is 7.89. The minimum atomic E-state index is -4.61. The van der Waals surface area contributed by atoms with Crippen molar-refractivity contribution in [1.29, 1.82) is 0 Å². The van der Waals surface area contributed by atoms with Gasteiger partial charge in [0.2, 0.25) is 0 Å². The van der Waals surface area contributed by atoms with Crippen LogP contribution in [-0.2, 0) is 28.8 Å². The number of piperidine rings is 1. The van der Waals surface area contributed by atoms with Crippen LogP contribution in [0.4, 0.5) is 13.2 Å². The number of hydrogen-bond donors (Lipinski definition) is 1. The zero-order valence-corrected chi connectivity index (χ0v) is 24.6. The van der Waals surface area contributed by atoms with Gasteiger partial charge < -0.3 is 19.5 Å². The van der Waals surface area contributed by atoms with Crippen LogP contribution in [-0.4, -0.2) is 76.0 Å². The van der Waals surface area contributed by atoms with Gasteiger partial charge in [0.1, 0.15) is 22.9 Å². The Morgan fingerprint density at radius 1 is 1.02 bits per heavy atom. The van der Waals surface area contributed by atoms with Crippen molar-refractivity contribution in [3.8, 4) is 5.75 Å². The fraction of sp³-hybridized carbons (Fsp3) is 0.500. The monoisotopic (exact) mass is 604 g/mol. The highest BCUT2D eigenvalue weighted by atomic mass is 32.2. The Kier molecular flexibility index (Phi) is 8.86. The van der Waals surface area contributed by atoms with Crippen molar-refractivity contribution in [2.24, 2.45) is 4.99 Å². The third-order valence-electron chi connectivity index (χ3n) is 8.21. The molecule has 0 saturated carbocycles. The molecule has 0 aromatic heterocycles. The Morgan fingerprint density at radius 2 is 1.79 bits per heavy atom. The molecule has 42 heavy (non-hydrogen) atoms. The van der Waals surface area contributed by atoms with Gasteiger partial charge in [-0.1, -0.05) is 6.07 Å². The van der Waals surface area contributed by atoms with Crippen LogP contribution in [0.2, 0.25) is 0 Å². The Hall–Kier alpha value is -3.09. The van der Waals surface area contributed by atoms with E-state index in [2.05, 4.69) is 10.3 Å². The summed E-state index contributed by atoms with van der Waals surface area (Å²) < 4.78 is 61.9. The van der Waals surface area contributed by atoms with Gasteiger partial charge in [-0.25, -0.2) is 0 Å². The molecule has 8 nitrogen and oxygen atoms in total. The van der Waals surface area contributed by atoms with Crippen molar-refractivity contribution in [2.75, 3.05) is 39.0 Å². The lowest BCUT2D eigenvalue weighted by Crippen LogP contribution is -2.50. The maximum Gasteiger partial charge on any atom is 0.416 e. The fourth-order valence-electron chi connectivity index (χ4n) is 5.61. The van der Waals surface area contributed by atoms with Crippen LogP contribution < -0.4 is 10.1 Å². The molecule has 0 radical (unpaired) electrons. The maximum absolute atomic E-state index is 13.7. The Bertz CT molecular complexity index is 1370. The van der Waals surface area contributed by atoms with Crippen LogP contribution in [0.1, 0.15) is 64.7 Å². The molecule has 0 aliphatic carbocycles. The van der Waals surface area contributed by atoms with E-state index in [9.17, 15) is 27.3 Å². The van der Waals surface area contributed by atoms with Crippen LogP contribution in [0.3, 0.4) is 0 Å². The molecule has 1 N–H and O–H groups in total. The number of aryl methyl sites for hydroxylation is 2. The molecule has 1 spiro atoms. The highest BCUT2D eigenvalue weighted by Crippen LogP contribution is 2.36. The van der Waals surface area contributed by atoms with Gasteiger partial charge in [-0.05, 0) is 80.5 Å². The quantitative estimate of drug-likeness (QED) is 0.454.